The van der Waals surface area contributed by atoms with E-state index in [0.717, 1.165) is 0 Å². The van der Waals surface area contributed by atoms with Gasteiger partial charge in [0.25, 0.3) is 0 Å². The Morgan fingerprint density at radius 1 is 1.67 bits per heavy atom. The van der Waals surface area contributed by atoms with Crippen LogP contribution in [0.25, 0.3) is 0 Å². The number of hydrogen-bond acceptors (Lipinski definition) is 6. The van der Waals surface area contributed by atoms with Gasteiger partial charge in [-0.2, -0.15) is 5.26 Å². The first-order valence-corrected chi connectivity index (χ1v) is 5.39. The lowest BCUT2D eigenvalue weighted by Gasteiger charge is -2.06. The minimum absolute atomic E-state index is 0.337. The molecule has 0 radical (unpaired) electrons. The summed E-state index contributed by atoms with van der Waals surface area (Å²) in [5.74, 6) is 0.104. The molecule has 0 saturated heterocycles. The van der Waals surface area contributed by atoms with E-state index in [0.29, 0.717) is 23.6 Å². The number of pyridine rings is 1. The van der Waals surface area contributed by atoms with Gasteiger partial charge >= 0.3 is 5.97 Å². The molecule has 0 spiro atoms. The summed E-state index contributed by atoms with van der Waals surface area (Å²) in [5.41, 5.74) is 6.39. The fraction of sp³-hybridized carbons (Fsp3) is 0.250. The standard InChI is InChI=1S/C12H14N4O2/c1-3-18-12(17)9(2)8-15-16-11-6-10(7-13)4-5-14-11/h4-6,8,15H,3H2,1-2H3,(H,14,16)/b9-8+. The molecule has 0 atom stereocenters. The van der Waals surface area contributed by atoms with Crippen molar-refractivity contribution in [3.8, 4) is 6.07 Å². The number of carbonyl (C=O) groups excluding carboxylic acids is 1. The highest BCUT2D eigenvalue weighted by Crippen LogP contribution is 2.04. The normalized spacial score (nSPS) is 10.4. The maximum atomic E-state index is 11.3. The monoisotopic (exact) mass is 246 g/mol. The van der Waals surface area contributed by atoms with Gasteiger partial charge < -0.3 is 10.2 Å². The Morgan fingerprint density at radius 3 is 3.11 bits per heavy atom. The summed E-state index contributed by atoms with van der Waals surface area (Å²) in [7, 11) is 0. The van der Waals surface area contributed by atoms with Crippen LogP contribution in [-0.2, 0) is 9.53 Å². The highest BCUT2D eigenvalue weighted by atomic mass is 16.5. The van der Waals surface area contributed by atoms with Gasteiger partial charge in [0, 0.05) is 12.4 Å². The summed E-state index contributed by atoms with van der Waals surface area (Å²) in [6.07, 6.45) is 2.99. The van der Waals surface area contributed by atoms with Crippen LogP contribution in [-0.4, -0.2) is 17.6 Å². The van der Waals surface area contributed by atoms with Crippen LogP contribution in [0.15, 0.2) is 30.1 Å². The van der Waals surface area contributed by atoms with Crippen molar-refractivity contribution in [3.63, 3.8) is 0 Å². The first-order chi connectivity index (χ1) is 8.67. The van der Waals surface area contributed by atoms with E-state index in [9.17, 15) is 4.79 Å². The lowest BCUT2D eigenvalue weighted by atomic mass is 10.3. The Balaban J connectivity index is 2.53. The largest absolute Gasteiger partial charge is 0.463 e. The molecule has 0 unspecified atom stereocenters. The van der Waals surface area contributed by atoms with Crippen molar-refractivity contribution in [1.82, 2.24) is 10.4 Å². The molecule has 1 aromatic rings. The van der Waals surface area contributed by atoms with E-state index in [4.69, 9.17) is 10.00 Å². The molecule has 0 aliphatic rings. The van der Waals surface area contributed by atoms with Crippen LogP contribution in [0.3, 0.4) is 0 Å². The van der Waals surface area contributed by atoms with Gasteiger partial charge in [0.05, 0.1) is 23.8 Å². The number of rotatable bonds is 5. The molecule has 1 rings (SSSR count). The van der Waals surface area contributed by atoms with Crippen molar-refractivity contribution in [2.24, 2.45) is 0 Å². The molecular formula is C12H14N4O2. The molecule has 0 bridgehead atoms. The van der Waals surface area contributed by atoms with E-state index < -0.39 is 0 Å². The zero-order chi connectivity index (χ0) is 13.4. The average molecular weight is 246 g/mol. The summed E-state index contributed by atoms with van der Waals surface area (Å²) in [5, 5.41) is 8.71. The van der Waals surface area contributed by atoms with Gasteiger partial charge in [-0.25, -0.2) is 9.78 Å². The van der Waals surface area contributed by atoms with Crippen LogP contribution in [0.2, 0.25) is 0 Å². The van der Waals surface area contributed by atoms with Crippen molar-refractivity contribution >= 4 is 11.8 Å². The maximum Gasteiger partial charge on any atom is 0.335 e. The summed E-state index contributed by atoms with van der Waals surface area (Å²) in [4.78, 5) is 15.3. The molecular weight excluding hydrogens is 232 g/mol. The third-order valence-electron chi connectivity index (χ3n) is 1.98. The Hall–Kier alpha value is -2.55. The first-order valence-electron chi connectivity index (χ1n) is 5.39. The molecule has 0 aliphatic carbocycles. The first kappa shape index (κ1) is 13.5. The van der Waals surface area contributed by atoms with Gasteiger partial charge in [-0.15, -0.1) is 0 Å². The molecule has 0 amide bonds. The van der Waals surface area contributed by atoms with Crippen LogP contribution in [0, 0.1) is 11.3 Å². The van der Waals surface area contributed by atoms with Crippen LogP contribution in [0.4, 0.5) is 5.82 Å². The second kappa shape index (κ2) is 6.91. The maximum absolute atomic E-state index is 11.3. The number of carbonyl (C=O) groups is 1. The number of hydrogen-bond donors (Lipinski definition) is 2. The van der Waals surface area contributed by atoms with Gasteiger partial charge in [0.15, 0.2) is 0 Å². The predicted molar refractivity (Wildman–Crippen MR) is 66.1 cm³/mol. The summed E-state index contributed by atoms with van der Waals surface area (Å²) >= 11 is 0. The molecule has 0 fully saturated rings. The van der Waals surface area contributed by atoms with E-state index in [1.54, 1.807) is 26.0 Å². The molecule has 6 nitrogen and oxygen atoms in total. The second-order valence-corrected chi connectivity index (χ2v) is 3.36. The number of esters is 1. The number of hydrazine groups is 1. The van der Waals surface area contributed by atoms with Crippen LogP contribution in [0.5, 0.6) is 0 Å². The number of nitriles is 1. The second-order valence-electron chi connectivity index (χ2n) is 3.36. The number of anilines is 1. The Kier molecular flexibility index (Phi) is 5.19. The Bertz CT molecular complexity index is 491. The molecule has 0 saturated carbocycles. The van der Waals surface area contributed by atoms with Crippen molar-refractivity contribution < 1.29 is 9.53 Å². The van der Waals surface area contributed by atoms with Crippen LogP contribution >= 0.6 is 0 Å². The van der Waals surface area contributed by atoms with Gasteiger partial charge in [-0.05, 0) is 26.0 Å². The molecule has 2 N–H and O–H groups in total. The lowest BCUT2D eigenvalue weighted by Crippen LogP contribution is -2.18. The molecule has 18 heavy (non-hydrogen) atoms. The van der Waals surface area contributed by atoms with Gasteiger partial charge in [0.1, 0.15) is 5.82 Å². The van der Waals surface area contributed by atoms with Crippen molar-refractivity contribution in [2.75, 3.05) is 12.0 Å². The molecule has 1 aromatic heterocycles. The van der Waals surface area contributed by atoms with E-state index in [1.807, 2.05) is 6.07 Å². The van der Waals surface area contributed by atoms with Crippen molar-refractivity contribution in [2.45, 2.75) is 13.8 Å². The number of nitrogens with zero attached hydrogens (tertiary/aromatic N) is 2. The third-order valence-corrected chi connectivity index (χ3v) is 1.98. The fourth-order valence-corrected chi connectivity index (χ4v) is 1.09. The van der Waals surface area contributed by atoms with Crippen molar-refractivity contribution in [1.29, 1.82) is 5.26 Å². The quantitative estimate of drug-likeness (QED) is 0.463. The zero-order valence-corrected chi connectivity index (χ0v) is 10.2. The highest BCUT2D eigenvalue weighted by Gasteiger charge is 2.03. The molecule has 0 aromatic carbocycles. The number of ether oxygens (including phenoxy) is 1. The molecule has 1 heterocycles. The molecule has 94 valence electrons. The lowest BCUT2D eigenvalue weighted by molar-refractivity contribution is -0.138. The van der Waals surface area contributed by atoms with Gasteiger partial charge in [-0.1, -0.05) is 0 Å². The van der Waals surface area contributed by atoms with Crippen LogP contribution in [0.1, 0.15) is 19.4 Å². The minimum atomic E-state index is -0.384. The summed E-state index contributed by atoms with van der Waals surface area (Å²) in [6, 6.07) is 5.19. The van der Waals surface area contributed by atoms with E-state index in [2.05, 4.69) is 15.8 Å². The van der Waals surface area contributed by atoms with Crippen molar-refractivity contribution in [3.05, 3.63) is 35.7 Å². The third kappa shape index (κ3) is 4.14. The number of nitrogens with one attached hydrogen (secondary N) is 2. The summed E-state index contributed by atoms with van der Waals surface area (Å²) in [6.45, 7) is 3.71. The zero-order valence-electron chi connectivity index (χ0n) is 10.2. The topological polar surface area (TPSA) is 87.0 Å². The SMILES string of the molecule is CCOC(=O)/C(C)=C/NNc1cc(C#N)ccn1. The highest BCUT2D eigenvalue weighted by molar-refractivity contribution is 5.87. The fourth-order valence-electron chi connectivity index (χ4n) is 1.09. The predicted octanol–water partition coefficient (Wildman–Crippen LogP) is 1.34. The van der Waals surface area contributed by atoms with E-state index in [-0.39, 0.29) is 5.97 Å². The van der Waals surface area contributed by atoms with E-state index in [1.165, 1.54) is 12.4 Å². The van der Waals surface area contributed by atoms with Crippen LogP contribution < -0.4 is 10.9 Å². The molecule has 6 heteroatoms. The molecule has 0 aliphatic heterocycles. The Labute approximate surface area is 105 Å². The smallest absolute Gasteiger partial charge is 0.335 e. The van der Waals surface area contributed by atoms with Gasteiger partial charge in [0.2, 0.25) is 0 Å². The average Bonchev–Trinajstić information content (AvgIpc) is 2.39. The van der Waals surface area contributed by atoms with Gasteiger partial charge in [-0.3, -0.25) is 5.43 Å². The van der Waals surface area contributed by atoms with E-state index >= 15 is 0 Å². The summed E-state index contributed by atoms with van der Waals surface area (Å²) < 4.78 is 4.81. The number of aromatic nitrogens is 1. The minimum Gasteiger partial charge on any atom is -0.463 e. The Morgan fingerprint density at radius 2 is 2.44 bits per heavy atom.